The van der Waals surface area contributed by atoms with Gasteiger partial charge in [-0.1, -0.05) is 11.6 Å². The van der Waals surface area contributed by atoms with Crippen LogP contribution in [0.4, 0.5) is 5.69 Å². The average molecular weight is 240 g/mol. The van der Waals surface area contributed by atoms with E-state index in [9.17, 15) is 4.79 Å². The number of nitrogens with one attached hydrogen (secondary N) is 1. The normalized spacial score (nSPS) is 23.6. The Morgan fingerprint density at radius 2 is 2.12 bits per heavy atom. The average Bonchev–Trinajstić information content (AvgIpc) is 2.17. The van der Waals surface area contributed by atoms with Crippen molar-refractivity contribution in [2.45, 2.75) is 24.9 Å². The number of nitrogens with two attached hydrogens (primary N) is 2. The molecule has 0 bridgehead atoms. The molecule has 1 aliphatic carbocycles. The minimum atomic E-state index is -0.478. The molecule has 0 saturated heterocycles. The Balaban J connectivity index is 2.16. The molecule has 0 heterocycles. The Hall–Kier alpha value is -1.26. The number of amides is 1. The summed E-state index contributed by atoms with van der Waals surface area (Å²) in [5, 5.41) is 3.75. The first-order valence-electron chi connectivity index (χ1n) is 5.17. The van der Waals surface area contributed by atoms with Crippen LogP contribution in [-0.2, 0) is 0 Å². The van der Waals surface area contributed by atoms with Gasteiger partial charge in [-0.15, -0.1) is 0 Å². The van der Waals surface area contributed by atoms with Crippen LogP contribution in [0.15, 0.2) is 18.2 Å². The molecule has 0 unspecified atom stereocenters. The molecule has 0 atom stereocenters. The van der Waals surface area contributed by atoms with Gasteiger partial charge in [0, 0.05) is 22.8 Å². The number of anilines is 1. The second-order valence-electron chi connectivity index (χ2n) is 4.13. The third-order valence-electron chi connectivity index (χ3n) is 2.78. The summed E-state index contributed by atoms with van der Waals surface area (Å²) in [5.41, 5.74) is 12.1. The van der Waals surface area contributed by atoms with Gasteiger partial charge in [-0.3, -0.25) is 4.79 Å². The van der Waals surface area contributed by atoms with E-state index in [4.69, 9.17) is 23.1 Å². The van der Waals surface area contributed by atoms with Crippen molar-refractivity contribution in [1.29, 1.82) is 0 Å². The second-order valence-corrected chi connectivity index (χ2v) is 4.56. The predicted molar refractivity (Wildman–Crippen MR) is 64.6 cm³/mol. The predicted octanol–water partition coefficient (Wildman–Crippen LogP) is 1.34. The van der Waals surface area contributed by atoms with Crippen LogP contribution in [0.5, 0.6) is 0 Å². The molecule has 0 radical (unpaired) electrons. The number of benzene rings is 1. The molecule has 1 aliphatic rings. The van der Waals surface area contributed by atoms with E-state index in [2.05, 4.69) is 5.32 Å². The molecular formula is C11H14ClN3O. The fourth-order valence-corrected chi connectivity index (χ4v) is 2.02. The summed E-state index contributed by atoms with van der Waals surface area (Å²) < 4.78 is 0. The van der Waals surface area contributed by atoms with Crippen LogP contribution in [0.3, 0.4) is 0 Å². The third-order valence-corrected chi connectivity index (χ3v) is 3.02. The molecule has 1 fully saturated rings. The van der Waals surface area contributed by atoms with E-state index < -0.39 is 5.91 Å². The van der Waals surface area contributed by atoms with Crippen LogP contribution in [0, 0.1) is 0 Å². The first kappa shape index (κ1) is 11.2. The van der Waals surface area contributed by atoms with Crippen LogP contribution in [0.1, 0.15) is 23.2 Å². The zero-order valence-electron chi connectivity index (χ0n) is 8.74. The largest absolute Gasteiger partial charge is 0.382 e. The Morgan fingerprint density at radius 1 is 1.44 bits per heavy atom. The van der Waals surface area contributed by atoms with Gasteiger partial charge in [0.1, 0.15) is 0 Å². The fourth-order valence-electron chi connectivity index (χ4n) is 1.85. The summed E-state index contributed by atoms with van der Waals surface area (Å²) in [6.07, 6.45) is 1.83. The van der Waals surface area contributed by atoms with Gasteiger partial charge in [0.25, 0.3) is 5.91 Å². The van der Waals surface area contributed by atoms with Crippen molar-refractivity contribution in [3.8, 4) is 0 Å². The number of primary amides is 1. The lowest BCUT2D eigenvalue weighted by atomic mass is 9.87. The molecule has 16 heavy (non-hydrogen) atoms. The van der Waals surface area contributed by atoms with Crippen molar-refractivity contribution in [2.24, 2.45) is 11.5 Å². The topological polar surface area (TPSA) is 81.1 Å². The summed E-state index contributed by atoms with van der Waals surface area (Å²) in [7, 11) is 0. The molecule has 1 saturated carbocycles. The van der Waals surface area contributed by atoms with E-state index in [0.717, 1.165) is 18.5 Å². The minimum absolute atomic E-state index is 0.266. The summed E-state index contributed by atoms with van der Waals surface area (Å²) in [5.74, 6) is -0.478. The van der Waals surface area contributed by atoms with Crippen molar-refractivity contribution >= 4 is 23.2 Å². The zero-order valence-corrected chi connectivity index (χ0v) is 9.50. The van der Waals surface area contributed by atoms with Gasteiger partial charge in [-0.2, -0.15) is 0 Å². The Morgan fingerprint density at radius 3 is 2.69 bits per heavy atom. The quantitative estimate of drug-likeness (QED) is 0.745. The van der Waals surface area contributed by atoms with Crippen molar-refractivity contribution in [1.82, 2.24) is 0 Å². The number of halogens is 1. The molecule has 2 rings (SSSR count). The highest BCUT2D eigenvalue weighted by Gasteiger charge is 2.26. The van der Waals surface area contributed by atoms with Gasteiger partial charge in [0.15, 0.2) is 0 Å². The molecule has 0 spiro atoms. The van der Waals surface area contributed by atoms with Gasteiger partial charge >= 0.3 is 0 Å². The number of rotatable bonds is 3. The maximum Gasteiger partial charge on any atom is 0.250 e. The maximum atomic E-state index is 11.2. The highest BCUT2D eigenvalue weighted by atomic mass is 35.5. The van der Waals surface area contributed by atoms with E-state index in [0.29, 0.717) is 16.6 Å². The molecule has 5 heteroatoms. The van der Waals surface area contributed by atoms with Crippen LogP contribution < -0.4 is 16.8 Å². The summed E-state index contributed by atoms with van der Waals surface area (Å²) in [6.45, 7) is 0. The van der Waals surface area contributed by atoms with E-state index in [-0.39, 0.29) is 6.04 Å². The SMILES string of the molecule is NC(=O)c1cc(Cl)ccc1NC1CC(N)C1. The second kappa shape index (κ2) is 4.31. The molecule has 5 N–H and O–H groups in total. The summed E-state index contributed by atoms with van der Waals surface area (Å²) in [4.78, 5) is 11.2. The van der Waals surface area contributed by atoms with Gasteiger partial charge in [0.2, 0.25) is 0 Å². The molecule has 1 amide bonds. The first-order chi connectivity index (χ1) is 7.56. The lowest BCUT2D eigenvalue weighted by Crippen LogP contribution is -2.44. The molecular weight excluding hydrogens is 226 g/mol. The first-order valence-corrected chi connectivity index (χ1v) is 5.55. The Kier molecular flexibility index (Phi) is 3.03. The van der Waals surface area contributed by atoms with Crippen LogP contribution >= 0.6 is 11.6 Å². The lowest BCUT2D eigenvalue weighted by Gasteiger charge is -2.34. The minimum Gasteiger partial charge on any atom is -0.382 e. The molecule has 1 aromatic rings. The molecule has 86 valence electrons. The van der Waals surface area contributed by atoms with Crippen LogP contribution in [-0.4, -0.2) is 18.0 Å². The Labute approximate surface area is 98.9 Å². The van der Waals surface area contributed by atoms with Crippen LogP contribution in [0.2, 0.25) is 5.02 Å². The smallest absolute Gasteiger partial charge is 0.250 e. The number of carbonyl (C=O) groups excluding carboxylic acids is 1. The van der Waals surface area contributed by atoms with E-state index in [1.807, 2.05) is 0 Å². The summed E-state index contributed by atoms with van der Waals surface area (Å²) in [6, 6.07) is 5.67. The van der Waals surface area contributed by atoms with Gasteiger partial charge in [-0.25, -0.2) is 0 Å². The van der Waals surface area contributed by atoms with Crippen molar-refractivity contribution in [3.05, 3.63) is 28.8 Å². The highest BCUT2D eigenvalue weighted by Crippen LogP contribution is 2.26. The van der Waals surface area contributed by atoms with Crippen molar-refractivity contribution in [3.63, 3.8) is 0 Å². The molecule has 4 nitrogen and oxygen atoms in total. The highest BCUT2D eigenvalue weighted by molar-refractivity contribution is 6.31. The molecule has 0 aliphatic heterocycles. The van der Waals surface area contributed by atoms with Crippen molar-refractivity contribution in [2.75, 3.05) is 5.32 Å². The number of carbonyl (C=O) groups is 1. The van der Waals surface area contributed by atoms with Gasteiger partial charge in [0.05, 0.1) is 5.56 Å². The summed E-state index contributed by atoms with van der Waals surface area (Å²) >= 11 is 5.81. The molecule has 0 aromatic heterocycles. The Bertz CT molecular complexity index is 416. The van der Waals surface area contributed by atoms with E-state index >= 15 is 0 Å². The zero-order chi connectivity index (χ0) is 11.7. The lowest BCUT2D eigenvalue weighted by molar-refractivity contribution is 0.100. The number of hydrogen-bond acceptors (Lipinski definition) is 3. The van der Waals surface area contributed by atoms with E-state index in [1.54, 1.807) is 18.2 Å². The van der Waals surface area contributed by atoms with Crippen LogP contribution in [0.25, 0.3) is 0 Å². The maximum absolute atomic E-state index is 11.2. The van der Waals surface area contributed by atoms with E-state index in [1.165, 1.54) is 0 Å². The third kappa shape index (κ3) is 2.28. The van der Waals surface area contributed by atoms with Gasteiger partial charge in [-0.05, 0) is 31.0 Å². The number of hydrogen-bond donors (Lipinski definition) is 3. The standard InChI is InChI=1S/C11H14ClN3O/c12-6-1-2-10(9(3-6)11(14)16)15-8-4-7(13)5-8/h1-3,7-8,15H,4-5,13H2,(H2,14,16). The fraction of sp³-hybridized carbons (Fsp3) is 0.364. The molecule has 1 aromatic carbocycles. The van der Waals surface area contributed by atoms with Crippen molar-refractivity contribution < 1.29 is 4.79 Å². The van der Waals surface area contributed by atoms with Gasteiger partial charge < -0.3 is 16.8 Å². The monoisotopic (exact) mass is 239 g/mol.